The maximum absolute atomic E-state index is 14.3. The monoisotopic (exact) mass is 698 g/mol. The van der Waals surface area contributed by atoms with Gasteiger partial charge in [0.15, 0.2) is 17.3 Å². The molecule has 278 valence electrons. The number of rotatable bonds is 22. The fourth-order valence-corrected chi connectivity index (χ4v) is 6.80. The molecule has 2 atom stereocenters. The summed E-state index contributed by atoms with van der Waals surface area (Å²) < 4.78 is 18.0. The van der Waals surface area contributed by atoms with Gasteiger partial charge in [0.05, 0.1) is 0 Å². The Hall–Kier alpha value is -3.19. The van der Waals surface area contributed by atoms with Crippen LogP contribution in [0.25, 0.3) is 0 Å². The van der Waals surface area contributed by atoms with E-state index in [-0.39, 0.29) is 28.7 Å². The van der Waals surface area contributed by atoms with E-state index in [1.807, 2.05) is 78.0 Å². The maximum atomic E-state index is 14.3. The van der Waals surface area contributed by atoms with Crippen LogP contribution in [0, 0.1) is 11.3 Å². The lowest BCUT2D eigenvalue weighted by Gasteiger charge is -2.27. The van der Waals surface area contributed by atoms with Crippen molar-refractivity contribution < 1.29 is 28.6 Å². The molecule has 51 heavy (non-hydrogen) atoms. The molecular weight excluding hydrogens is 636 g/mol. The summed E-state index contributed by atoms with van der Waals surface area (Å²) in [5, 5.41) is 0. The Bertz CT molecular complexity index is 1590. The summed E-state index contributed by atoms with van der Waals surface area (Å²) in [6.07, 6.45) is 14.3. The highest BCUT2D eigenvalue weighted by molar-refractivity contribution is 6.05. The second-order valence-corrected chi connectivity index (χ2v) is 16.2. The third-order valence-electron chi connectivity index (χ3n) is 10.5. The van der Waals surface area contributed by atoms with Gasteiger partial charge in [0, 0.05) is 36.5 Å². The van der Waals surface area contributed by atoms with E-state index in [1.54, 1.807) is 0 Å². The molecule has 0 bridgehead atoms. The van der Waals surface area contributed by atoms with Crippen molar-refractivity contribution in [1.82, 2.24) is 0 Å². The first-order valence-corrected chi connectivity index (χ1v) is 19.3. The molecule has 1 fully saturated rings. The molecule has 6 heteroatoms. The predicted molar refractivity (Wildman–Crippen MR) is 206 cm³/mol. The molecule has 6 nitrogen and oxygen atoms in total. The number of hydrogen-bond donors (Lipinski definition) is 0. The Kier molecular flexibility index (Phi) is 13.6. The number of carbonyl (C=O) groups excluding carboxylic acids is 3. The van der Waals surface area contributed by atoms with Crippen LogP contribution in [0.15, 0.2) is 66.3 Å². The van der Waals surface area contributed by atoms with Crippen molar-refractivity contribution in [1.29, 1.82) is 0 Å². The first-order valence-electron chi connectivity index (χ1n) is 19.3. The average molecular weight is 699 g/mol. The molecule has 2 aliphatic carbocycles. The Morgan fingerprint density at radius 1 is 0.686 bits per heavy atom. The summed E-state index contributed by atoms with van der Waals surface area (Å²) in [5.41, 5.74) is 2.28. The minimum absolute atomic E-state index is 0.0166. The molecule has 2 aliphatic rings. The minimum Gasteiger partial charge on any atom is -0.367 e. The molecule has 2 unspecified atom stereocenters. The summed E-state index contributed by atoms with van der Waals surface area (Å²) in [6, 6.07) is 14.0. The largest absolute Gasteiger partial charge is 0.367 e. The van der Waals surface area contributed by atoms with E-state index in [0.717, 1.165) is 61.6 Å². The van der Waals surface area contributed by atoms with E-state index in [0.29, 0.717) is 49.4 Å². The van der Waals surface area contributed by atoms with Gasteiger partial charge in [-0.25, -0.2) is 0 Å². The van der Waals surface area contributed by atoms with Crippen LogP contribution in [0.4, 0.5) is 0 Å². The van der Waals surface area contributed by atoms with Gasteiger partial charge in [-0.15, -0.1) is 0 Å². The Labute approximate surface area is 307 Å². The van der Waals surface area contributed by atoms with Gasteiger partial charge < -0.3 is 14.2 Å². The number of allylic oxidation sites excluding steroid dienone is 3. The number of benzene rings is 2. The second-order valence-electron chi connectivity index (χ2n) is 16.2. The molecule has 0 heterocycles. The third-order valence-corrected chi connectivity index (χ3v) is 10.5. The van der Waals surface area contributed by atoms with Crippen molar-refractivity contribution in [3.8, 4) is 0 Å². The van der Waals surface area contributed by atoms with Gasteiger partial charge in [0.25, 0.3) is 0 Å². The summed E-state index contributed by atoms with van der Waals surface area (Å²) >= 11 is 0. The molecule has 1 saturated carbocycles. The number of fused-ring (bicyclic) bond motifs is 1. The predicted octanol–water partition coefficient (Wildman–Crippen LogP) is 10.0. The zero-order valence-electron chi connectivity index (χ0n) is 32.8. The fraction of sp³-hybridized carbons (Fsp3) is 0.578. The lowest BCUT2D eigenvalue weighted by Crippen LogP contribution is -2.37. The average Bonchev–Trinajstić information content (AvgIpc) is 3.81. The van der Waals surface area contributed by atoms with Gasteiger partial charge in [-0.2, -0.15) is 0 Å². The molecule has 0 radical (unpaired) electrons. The smallest absolute Gasteiger partial charge is 0.194 e. The first-order chi connectivity index (χ1) is 24.1. The number of Topliss-reactive ketones (excluding diaryl/α,β-unsaturated/α-hetero) is 3. The molecular formula is C45H62O6. The van der Waals surface area contributed by atoms with Crippen LogP contribution in [0.3, 0.4) is 0 Å². The molecule has 0 aliphatic heterocycles. The van der Waals surface area contributed by atoms with Crippen molar-refractivity contribution in [2.45, 2.75) is 137 Å². The second kappa shape index (κ2) is 17.1. The highest BCUT2D eigenvalue weighted by Gasteiger charge is 2.53. The highest BCUT2D eigenvalue weighted by Crippen LogP contribution is 2.59. The molecule has 2 aromatic rings. The van der Waals surface area contributed by atoms with E-state index < -0.39 is 16.8 Å². The topological polar surface area (TPSA) is 78.9 Å². The highest BCUT2D eigenvalue weighted by atomic mass is 16.5. The van der Waals surface area contributed by atoms with Crippen LogP contribution in [0.1, 0.15) is 145 Å². The zero-order valence-corrected chi connectivity index (χ0v) is 32.8. The number of ketones is 3. The van der Waals surface area contributed by atoms with Crippen molar-refractivity contribution in [3.05, 3.63) is 94.1 Å². The van der Waals surface area contributed by atoms with Gasteiger partial charge >= 0.3 is 0 Å². The Balaban J connectivity index is 1.54. The molecule has 0 spiro atoms. The van der Waals surface area contributed by atoms with Crippen LogP contribution < -0.4 is 0 Å². The van der Waals surface area contributed by atoms with Crippen molar-refractivity contribution in [2.24, 2.45) is 11.3 Å². The first kappa shape index (κ1) is 40.6. The number of carbonyl (C=O) groups is 3. The maximum Gasteiger partial charge on any atom is 0.194 e. The van der Waals surface area contributed by atoms with Gasteiger partial charge in [-0.3, -0.25) is 14.4 Å². The third kappa shape index (κ3) is 10.2. The van der Waals surface area contributed by atoms with Crippen molar-refractivity contribution in [3.63, 3.8) is 0 Å². The molecule has 0 saturated heterocycles. The van der Waals surface area contributed by atoms with Crippen molar-refractivity contribution >= 4 is 17.3 Å². The van der Waals surface area contributed by atoms with Gasteiger partial charge in [-0.1, -0.05) is 94.7 Å². The number of ether oxygens (including phenoxy) is 3. The Morgan fingerprint density at radius 2 is 1.20 bits per heavy atom. The van der Waals surface area contributed by atoms with Crippen LogP contribution >= 0.6 is 0 Å². The summed E-state index contributed by atoms with van der Waals surface area (Å²) in [4.78, 5) is 40.9. The zero-order chi connectivity index (χ0) is 37.5. The summed E-state index contributed by atoms with van der Waals surface area (Å²) in [6.45, 7) is 19.1. The lowest BCUT2D eigenvalue weighted by molar-refractivity contribution is -0.136. The summed E-state index contributed by atoms with van der Waals surface area (Å²) in [7, 11) is 0. The van der Waals surface area contributed by atoms with Gasteiger partial charge in [-0.05, 0) is 114 Å². The fourth-order valence-electron chi connectivity index (χ4n) is 6.80. The van der Waals surface area contributed by atoms with Gasteiger partial charge in [0.2, 0.25) is 0 Å². The van der Waals surface area contributed by atoms with Crippen LogP contribution in [-0.2, 0) is 31.8 Å². The quantitative estimate of drug-likeness (QED) is 0.0900. The number of unbranched alkanes of at least 4 members (excludes halogenated alkanes) is 3. The number of hydrogen-bond acceptors (Lipinski definition) is 6. The molecule has 0 amide bonds. The van der Waals surface area contributed by atoms with Gasteiger partial charge in [0.1, 0.15) is 16.8 Å². The normalized spacial score (nSPS) is 18.7. The molecule has 2 aromatic carbocycles. The minimum atomic E-state index is -0.970. The Morgan fingerprint density at radius 3 is 1.73 bits per heavy atom. The molecule has 0 aromatic heterocycles. The standard InChI is InChI=1S/C45H62O6/c1-10-13-24-49-42(4,5)39(46)34-19-16-32(17-20-34)27-33-18-21-36(38(28-33)41(48)44(8,9)51-26-15-12-3)30-45-23-22-35(29-37(45)31-45)40(47)43(6,7)50-25-14-11-2/h16-23,28-29,37H,10-15,24-27,30-31H2,1-9H3. The summed E-state index contributed by atoms with van der Waals surface area (Å²) in [5.74, 6) is 0.209. The van der Waals surface area contributed by atoms with E-state index in [2.05, 4.69) is 45.1 Å². The van der Waals surface area contributed by atoms with Crippen LogP contribution in [0.2, 0.25) is 0 Å². The van der Waals surface area contributed by atoms with E-state index in [9.17, 15) is 14.4 Å². The van der Waals surface area contributed by atoms with Crippen LogP contribution in [0.5, 0.6) is 0 Å². The molecule has 4 rings (SSSR count). The van der Waals surface area contributed by atoms with E-state index in [4.69, 9.17) is 14.2 Å². The van der Waals surface area contributed by atoms with E-state index >= 15 is 0 Å². The molecule has 0 N–H and O–H groups in total. The van der Waals surface area contributed by atoms with Crippen molar-refractivity contribution in [2.75, 3.05) is 19.8 Å². The van der Waals surface area contributed by atoms with E-state index in [1.165, 1.54) is 0 Å². The SMILES string of the molecule is CCCCOC(C)(C)C(=O)C1=CC2CC2(Cc2ccc(Cc3ccc(C(=O)C(C)(C)OCCCC)cc3)cc2C(=O)C(C)(C)OCCCC)C=C1. The van der Waals surface area contributed by atoms with Crippen LogP contribution in [-0.4, -0.2) is 54.0 Å². The lowest BCUT2D eigenvalue weighted by atomic mass is 9.82.